The Hall–Kier alpha value is -1.62. The molecule has 0 unspecified atom stereocenters. The normalized spacial score (nSPS) is 10.7. The SMILES string of the molecule is CC(C)Oc1cncc(N(C)CCc2cccs2)n1. The van der Waals surface area contributed by atoms with Crippen LogP contribution in [-0.2, 0) is 6.42 Å². The zero-order chi connectivity index (χ0) is 13.7. The molecule has 0 aromatic carbocycles. The Bertz CT molecular complexity index is 499. The molecule has 0 fully saturated rings. The molecule has 0 radical (unpaired) electrons. The van der Waals surface area contributed by atoms with Crippen LogP contribution in [0, 0.1) is 0 Å². The van der Waals surface area contributed by atoms with Crippen molar-refractivity contribution < 1.29 is 4.74 Å². The molecule has 4 nitrogen and oxygen atoms in total. The van der Waals surface area contributed by atoms with Crippen LogP contribution in [0.4, 0.5) is 5.82 Å². The largest absolute Gasteiger partial charge is 0.474 e. The highest BCUT2D eigenvalue weighted by Gasteiger charge is 2.07. The Morgan fingerprint density at radius 3 is 2.89 bits per heavy atom. The summed E-state index contributed by atoms with van der Waals surface area (Å²) < 4.78 is 5.56. The first-order chi connectivity index (χ1) is 9.15. The second-order valence-corrected chi connectivity index (χ2v) is 5.67. The predicted molar refractivity (Wildman–Crippen MR) is 79.1 cm³/mol. The lowest BCUT2D eigenvalue weighted by Crippen LogP contribution is -2.21. The maximum atomic E-state index is 5.56. The summed E-state index contributed by atoms with van der Waals surface area (Å²) in [6, 6.07) is 4.24. The molecular weight excluding hydrogens is 258 g/mol. The molecule has 19 heavy (non-hydrogen) atoms. The van der Waals surface area contributed by atoms with Crippen molar-refractivity contribution in [2.45, 2.75) is 26.4 Å². The summed E-state index contributed by atoms with van der Waals surface area (Å²) in [4.78, 5) is 12.1. The fraction of sp³-hybridized carbons (Fsp3) is 0.429. The standard InChI is InChI=1S/C14H19N3OS/c1-11(2)18-14-10-15-9-13(16-14)17(3)7-6-12-5-4-8-19-12/h4-5,8-11H,6-7H2,1-3H3. The van der Waals surface area contributed by atoms with Gasteiger partial charge in [-0.3, -0.25) is 4.98 Å². The summed E-state index contributed by atoms with van der Waals surface area (Å²) >= 11 is 1.78. The second kappa shape index (κ2) is 6.52. The van der Waals surface area contributed by atoms with Crippen LogP contribution in [0.1, 0.15) is 18.7 Å². The molecule has 0 atom stereocenters. The van der Waals surface area contributed by atoms with Crippen molar-refractivity contribution in [2.75, 3.05) is 18.5 Å². The molecule has 0 saturated heterocycles. The fourth-order valence-corrected chi connectivity index (χ4v) is 2.37. The Morgan fingerprint density at radius 1 is 1.37 bits per heavy atom. The summed E-state index contributed by atoms with van der Waals surface area (Å²) in [5, 5.41) is 2.10. The van der Waals surface area contributed by atoms with Crippen molar-refractivity contribution in [3.63, 3.8) is 0 Å². The molecule has 0 bridgehead atoms. The van der Waals surface area contributed by atoms with Crippen LogP contribution in [-0.4, -0.2) is 29.7 Å². The van der Waals surface area contributed by atoms with Crippen LogP contribution >= 0.6 is 11.3 Å². The van der Waals surface area contributed by atoms with Crippen LogP contribution in [0.5, 0.6) is 5.88 Å². The molecular formula is C14H19N3OS. The molecule has 0 aliphatic rings. The van der Waals surface area contributed by atoms with Crippen molar-refractivity contribution in [2.24, 2.45) is 0 Å². The van der Waals surface area contributed by atoms with E-state index in [1.54, 1.807) is 23.7 Å². The van der Waals surface area contributed by atoms with E-state index in [2.05, 4.69) is 32.4 Å². The van der Waals surface area contributed by atoms with Crippen LogP contribution in [0.2, 0.25) is 0 Å². The van der Waals surface area contributed by atoms with E-state index in [9.17, 15) is 0 Å². The van der Waals surface area contributed by atoms with Gasteiger partial charge < -0.3 is 9.64 Å². The van der Waals surface area contributed by atoms with Crippen LogP contribution < -0.4 is 9.64 Å². The average Bonchev–Trinajstić information content (AvgIpc) is 2.88. The summed E-state index contributed by atoms with van der Waals surface area (Å²) in [5.74, 6) is 1.42. The number of likely N-dealkylation sites (N-methyl/N-ethyl adjacent to an activating group) is 1. The topological polar surface area (TPSA) is 38.2 Å². The molecule has 0 aliphatic heterocycles. The number of ether oxygens (including phenoxy) is 1. The third-order valence-electron chi connectivity index (χ3n) is 2.62. The lowest BCUT2D eigenvalue weighted by Gasteiger charge is -2.18. The Morgan fingerprint density at radius 2 is 2.21 bits per heavy atom. The first kappa shape index (κ1) is 13.8. The maximum Gasteiger partial charge on any atom is 0.234 e. The van der Waals surface area contributed by atoms with Gasteiger partial charge in [0.15, 0.2) is 5.82 Å². The molecule has 0 saturated carbocycles. The molecule has 5 heteroatoms. The van der Waals surface area contributed by atoms with Crippen LogP contribution in [0.15, 0.2) is 29.9 Å². The number of rotatable bonds is 6. The number of nitrogens with zero attached hydrogens (tertiary/aromatic N) is 3. The van der Waals surface area contributed by atoms with E-state index in [-0.39, 0.29) is 6.10 Å². The van der Waals surface area contributed by atoms with Crippen molar-refractivity contribution in [1.29, 1.82) is 0 Å². The van der Waals surface area contributed by atoms with Gasteiger partial charge in [0.1, 0.15) is 0 Å². The molecule has 0 N–H and O–H groups in total. The molecule has 0 aliphatic carbocycles. The monoisotopic (exact) mass is 277 g/mol. The van der Waals surface area contributed by atoms with Crippen molar-refractivity contribution in [1.82, 2.24) is 9.97 Å². The summed E-state index contributed by atoms with van der Waals surface area (Å²) in [5.41, 5.74) is 0. The first-order valence-electron chi connectivity index (χ1n) is 6.37. The summed E-state index contributed by atoms with van der Waals surface area (Å²) in [6.45, 7) is 4.88. The first-order valence-corrected chi connectivity index (χ1v) is 7.25. The molecule has 2 heterocycles. The predicted octanol–water partition coefficient (Wildman–Crippen LogP) is 3.00. The lowest BCUT2D eigenvalue weighted by atomic mass is 10.3. The van der Waals surface area contributed by atoms with E-state index in [0.717, 1.165) is 18.8 Å². The van der Waals surface area contributed by atoms with Gasteiger partial charge in [0.25, 0.3) is 0 Å². The minimum Gasteiger partial charge on any atom is -0.474 e. The number of anilines is 1. The molecule has 2 rings (SSSR count). The van der Waals surface area contributed by atoms with Gasteiger partial charge in [0.2, 0.25) is 5.88 Å². The number of aromatic nitrogens is 2. The fourth-order valence-electron chi connectivity index (χ4n) is 1.67. The van der Waals surface area contributed by atoms with Crippen molar-refractivity contribution >= 4 is 17.2 Å². The quantitative estimate of drug-likeness (QED) is 0.813. The smallest absolute Gasteiger partial charge is 0.234 e. The van der Waals surface area contributed by atoms with Crippen LogP contribution in [0.3, 0.4) is 0 Å². The Kier molecular flexibility index (Phi) is 4.74. The van der Waals surface area contributed by atoms with E-state index in [1.807, 2.05) is 20.9 Å². The minimum atomic E-state index is 0.112. The third kappa shape index (κ3) is 4.21. The molecule has 2 aromatic rings. The summed E-state index contributed by atoms with van der Waals surface area (Å²) in [6.07, 6.45) is 4.55. The van der Waals surface area contributed by atoms with E-state index in [0.29, 0.717) is 5.88 Å². The van der Waals surface area contributed by atoms with E-state index >= 15 is 0 Å². The molecule has 2 aromatic heterocycles. The molecule has 102 valence electrons. The zero-order valence-corrected chi connectivity index (χ0v) is 12.4. The van der Waals surface area contributed by atoms with Gasteiger partial charge >= 0.3 is 0 Å². The highest BCUT2D eigenvalue weighted by atomic mass is 32.1. The minimum absolute atomic E-state index is 0.112. The Balaban J connectivity index is 1.96. The highest BCUT2D eigenvalue weighted by molar-refractivity contribution is 7.09. The van der Waals surface area contributed by atoms with Gasteiger partial charge in [0.05, 0.1) is 18.5 Å². The molecule has 0 spiro atoms. The van der Waals surface area contributed by atoms with Gasteiger partial charge in [-0.15, -0.1) is 11.3 Å². The maximum absolute atomic E-state index is 5.56. The number of hydrogen-bond acceptors (Lipinski definition) is 5. The molecule has 0 amide bonds. The lowest BCUT2D eigenvalue weighted by molar-refractivity contribution is 0.231. The average molecular weight is 277 g/mol. The Labute approximate surface area is 118 Å². The zero-order valence-electron chi connectivity index (χ0n) is 11.5. The van der Waals surface area contributed by atoms with Crippen molar-refractivity contribution in [3.05, 3.63) is 34.8 Å². The third-order valence-corrected chi connectivity index (χ3v) is 3.56. The van der Waals surface area contributed by atoms with Gasteiger partial charge in [-0.25, -0.2) is 0 Å². The van der Waals surface area contributed by atoms with E-state index < -0.39 is 0 Å². The summed E-state index contributed by atoms with van der Waals surface area (Å²) in [7, 11) is 2.02. The van der Waals surface area contributed by atoms with Crippen molar-refractivity contribution in [3.8, 4) is 5.88 Å². The highest BCUT2D eigenvalue weighted by Crippen LogP contribution is 2.15. The number of hydrogen-bond donors (Lipinski definition) is 0. The van der Waals surface area contributed by atoms with Gasteiger partial charge in [0, 0.05) is 18.5 Å². The van der Waals surface area contributed by atoms with Crippen LogP contribution in [0.25, 0.3) is 0 Å². The second-order valence-electron chi connectivity index (χ2n) is 4.63. The number of thiophene rings is 1. The van der Waals surface area contributed by atoms with Gasteiger partial charge in [-0.05, 0) is 31.7 Å². The van der Waals surface area contributed by atoms with Gasteiger partial charge in [-0.1, -0.05) is 6.07 Å². The van der Waals surface area contributed by atoms with E-state index in [1.165, 1.54) is 4.88 Å². The van der Waals surface area contributed by atoms with Gasteiger partial charge in [-0.2, -0.15) is 4.98 Å². The van der Waals surface area contributed by atoms with E-state index in [4.69, 9.17) is 4.74 Å².